The summed E-state index contributed by atoms with van der Waals surface area (Å²) in [7, 11) is 1.70. The lowest BCUT2D eigenvalue weighted by Crippen LogP contribution is -2.40. The first-order valence-corrected chi connectivity index (χ1v) is 7.30. The number of hydrogen-bond donors (Lipinski definition) is 1. The molecule has 0 radical (unpaired) electrons. The second-order valence-corrected chi connectivity index (χ2v) is 5.84. The van der Waals surface area contributed by atoms with E-state index in [1.54, 1.807) is 7.11 Å². The third kappa shape index (κ3) is 4.43. The van der Waals surface area contributed by atoms with Crippen LogP contribution in [0.25, 0.3) is 0 Å². The van der Waals surface area contributed by atoms with Crippen LogP contribution in [0.5, 0.6) is 5.75 Å². The van der Waals surface area contributed by atoms with E-state index >= 15 is 0 Å². The minimum Gasteiger partial charge on any atom is -0.497 e. The number of nitrogens with one attached hydrogen (secondary N) is 1. The number of nitrogens with zero attached hydrogens (tertiary/aromatic N) is 1. The Kier molecular flexibility index (Phi) is 5.08. The first-order valence-electron chi connectivity index (χ1n) is 7.30. The van der Waals surface area contributed by atoms with E-state index in [4.69, 9.17) is 4.74 Å². The van der Waals surface area contributed by atoms with Crippen molar-refractivity contribution in [2.75, 3.05) is 32.1 Å². The molecule has 1 aromatic carbocycles. The molecule has 0 aromatic heterocycles. The molecule has 106 valence electrons. The zero-order chi connectivity index (χ0) is 13.7. The van der Waals surface area contributed by atoms with Gasteiger partial charge in [0.2, 0.25) is 0 Å². The van der Waals surface area contributed by atoms with Crippen LogP contribution in [0.15, 0.2) is 24.3 Å². The lowest BCUT2D eigenvalue weighted by molar-refractivity contribution is 0.198. The Balaban J connectivity index is 1.78. The van der Waals surface area contributed by atoms with Gasteiger partial charge in [0, 0.05) is 31.4 Å². The van der Waals surface area contributed by atoms with Crippen LogP contribution in [0.3, 0.4) is 0 Å². The molecule has 2 rings (SSSR count). The van der Waals surface area contributed by atoms with Crippen LogP contribution >= 0.6 is 0 Å². The van der Waals surface area contributed by atoms with Gasteiger partial charge in [-0.3, -0.25) is 0 Å². The maximum Gasteiger partial charge on any atom is 0.119 e. The molecule has 1 saturated heterocycles. The molecule has 1 aromatic rings. The molecule has 0 amide bonds. The number of methoxy groups -OCH3 is 1. The van der Waals surface area contributed by atoms with Gasteiger partial charge in [0.15, 0.2) is 0 Å². The van der Waals surface area contributed by atoms with E-state index in [0.717, 1.165) is 11.7 Å². The van der Waals surface area contributed by atoms with Crippen molar-refractivity contribution in [2.24, 2.45) is 5.92 Å². The highest BCUT2D eigenvalue weighted by Gasteiger charge is 2.19. The van der Waals surface area contributed by atoms with Gasteiger partial charge in [-0.1, -0.05) is 13.8 Å². The lowest BCUT2D eigenvalue weighted by Gasteiger charge is -2.33. The first-order chi connectivity index (χ1) is 9.17. The third-order valence-corrected chi connectivity index (χ3v) is 3.67. The van der Waals surface area contributed by atoms with Crippen LogP contribution in [0, 0.1) is 5.92 Å². The highest BCUT2D eigenvalue weighted by molar-refractivity contribution is 5.47. The number of benzene rings is 1. The molecule has 19 heavy (non-hydrogen) atoms. The molecule has 0 bridgehead atoms. The van der Waals surface area contributed by atoms with E-state index in [1.807, 2.05) is 12.1 Å². The van der Waals surface area contributed by atoms with Crippen LogP contribution < -0.4 is 10.1 Å². The molecular weight excluding hydrogens is 236 g/mol. The van der Waals surface area contributed by atoms with Crippen LogP contribution in [0.2, 0.25) is 0 Å². The van der Waals surface area contributed by atoms with Gasteiger partial charge in [-0.15, -0.1) is 0 Å². The summed E-state index contributed by atoms with van der Waals surface area (Å²) in [5.41, 5.74) is 1.20. The zero-order valence-corrected chi connectivity index (χ0v) is 12.4. The van der Waals surface area contributed by atoms with E-state index in [1.165, 1.54) is 38.2 Å². The molecule has 1 fully saturated rings. The van der Waals surface area contributed by atoms with Crippen molar-refractivity contribution in [3.8, 4) is 5.75 Å². The van der Waals surface area contributed by atoms with Crippen LogP contribution in [0.4, 0.5) is 5.69 Å². The van der Waals surface area contributed by atoms with Crippen LogP contribution in [0.1, 0.15) is 26.7 Å². The molecule has 1 aliphatic rings. The van der Waals surface area contributed by atoms with Gasteiger partial charge >= 0.3 is 0 Å². The van der Waals surface area contributed by atoms with Gasteiger partial charge < -0.3 is 15.0 Å². The topological polar surface area (TPSA) is 24.5 Å². The average molecular weight is 262 g/mol. The highest BCUT2D eigenvalue weighted by Crippen LogP contribution is 2.19. The molecule has 0 aliphatic carbocycles. The fourth-order valence-corrected chi connectivity index (χ4v) is 2.70. The molecule has 3 nitrogen and oxygen atoms in total. The molecule has 0 saturated carbocycles. The number of hydrogen-bond acceptors (Lipinski definition) is 3. The summed E-state index contributed by atoms with van der Waals surface area (Å²) in [6.45, 7) is 8.25. The fourth-order valence-electron chi connectivity index (χ4n) is 2.70. The number of likely N-dealkylation sites (tertiary alicyclic amines) is 1. The van der Waals surface area contributed by atoms with E-state index < -0.39 is 0 Å². The molecule has 1 N–H and O–H groups in total. The molecule has 0 atom stereocenters. The van der Waals surface area contributed by atoms with Gasteiger partial charge in [0.1, 0.15) is 5.75 Å². The van der Waals surface area contributed by atoms with E-state index in [2.05, 4.69) is 36.2 Å². The van der Waals surface area contributed by atoms with Crippen molar-refractivity contribution in [3.05, 3.63) is 24.3 Å². The number of rotatable bonds is 5. The summed E-state index contributed by atoms with van der Waals surface area (Å²) >= 11 is 0. The maximum absolute atomic E-state index is 5.18. The summed E-state index contributed by atoms with van der Waals surface area (Å²) in [4.78, 5) is 2.58. The fraction of sp³-hybridized carbons (Fsp3) is 0.625. The van der Waals surface area contributed by atoms with Crippen molar-refractivity contribution < 1.29 is 4.74 Å². The maximum atomic E-state index is 5.18. The van der Waals surface area contributed by atoms with Crippen molar-refractivity contribution >= 4 is 5.69 Å². The molecular formula is C16H26N2O. The molecule has 1 heterocycles. The van der Waals surface area contributed by atoms with Crippen LogP contribution in [-0.4, -0.2) is 37.7 Å². The van der Waals surface area contributed by atoms with Gasteiger partial charge in [0.25, 0.3) is 0 Å². The van der Waals surface area contributed by atoms with E-state index in [0.29, 0.717) is 6.04 Å². The second-order valence-electron chi connectivity index (χ2n) is 5.84. The largest absolute Gasteiger partial charge is 0.497 e. The lowest BCUT2D eigenvalue weighted by atomic mass is 10.0. The Morgan fingerprint density at radius 3 is 2.37 bits per heavy atom. The van der Waals surface area contributed by atoms with Gasteiger partial charge in [-0.2, -0.15) is 0 Å². The molecule has 0 spiro atoms. The average Bonchev–Trinajstić information content (AvgIpc) is 2.41. The monoisotopic (exact) mass is 262 g/mol. The van der Waals surface area contributed by atoms with Crippen molar-refractivity contribution in [3.63, 3.8) is 0 Å². The molecule has 3 heteroatoms. The molecule has 0 unspecified atom stereocenters. The zero-order valence-electron chi connectivity index (χ0n) is 12.4. The smallest absolute Gasteiger partial charge is 0.119 e. The Morgan fingerprint density at radius 1 is 1.21 bits per heavy atom. The summed E-state index contributed by atoms with van der Waals surface area (Å²) in [5, 5.41) is 3.62. The minimum atomic E-state index is 0.608. The summed E-state index contributed by atoms with van der Waals surface area (Å²) in [6.07, 6.45) is 2.47. The number of piperidine rings is 1. The van der Waals surface area contributed by atoms with Crippen molar-refractivity contribution in [1.29, 1.82) is 0 Å². The number of anilines is 1. The van der Waals surface area contributed by atoms with Gasteiger partial charge in [-0.05, 0) is 43.0 Å². The van der Waals surface area contributed by atoms with Crippen molar-refractivity contribution in [1.82, 2.24) is 4.90 Å². The Hall–Kier alpha value is -1.22. The quantitative estimate of drug-likeness (QED) is 0.881. The normalized spacial score (nSPS) is 17.7. The summed E-state index contributed by atoms with van der Waals surface area (Å²) < 4.78 is 5.18. The predicted molar refractivity (Wildman–Crippen MR) is 80.9 cm³/mol. The number of ether oxygens (including phenoxy) is 1. The Bertz CT molecular complexity index is 367. The Morgan fingerprint density at radius 2 is 1.84 bits per heavy atom. The summed E-state index contributed by atoms with van der Waals surface area (Å²) in [5.74, 6) is 1.68. The van der Waals surface area contributed by atoms with E-state index in [9.17, 15) is 0 Å². The van der Waals surface area contributed by atoms with Gasteiger partial charge in [0.05, 0.1) is 7.11 Å². The van der Waals surface area contributed by atoms with E-state index in [-0.39, 0.29) is 0 Å². The molecule has 1 aliphatic heterocycles. The predicted octanol–water partition coefficient (Wildman–Crippen LogP) is 3.23. The van der Waals surface area contributed by atoms with Crippen LogP contribution in [-0.2, 0) is 0 Å². The first kappa shape index (κ1) is 14.2. The van der Waals surface area contributed by atoms with Crippen molar-refractivity contribution in [2.45, 2.75) is 32.7 Å². The SMILES string of the molecule is COc1ccc(NC2CCN(CC(C)C)CC2)cc1. The summed E-state index contributed by atoms with van der Waals surface area (Å²) in [6, 6.07) is 8.82. The minimum absolute atomic E-state index is 0.608. The second kappa shape index (κ2) is 6.80. The van der Waals surface area contributed by atoms with Gasteiger partial charge in [-0.25, -0.2) is 0 Å². The Labute approximate surface area is 116 Å². The highest BCUT2D eigenvalue weighted by atomic mass is 16.5. The third-order valence-electron chi connectivity index (χ3n) is 3.67. The standard InChI is InChI=1S/C16H26N2O/c1-13(2)12-18-10-8-15(9-11-18)17-14-4-6-16(19-3)7-5-14/h4-7,13,15,17H,8-12H2,1-3H3.